The van der Waals surface area contributed by atoms with Crippen LogP contribution in [0.25, 0.3) is 10.8 Å². The second-order valence-electron chi connectivity index (χ2n) is 11.1. The van der Waals surface area contributed by atoms with Crippen LogP contribution >= 0.6 is 11.3 Å². The number of anilines is 1. The Bertz CT molecular complexity index is 1660. The third-order valence-corrected chi connectivity index (χ3v) is 8.96. The number of nitrogens with zero attached hydrogens (tertiary/aromatic N) is 2. The number of thiophene rings is 1. The van der Waals surface area contributed by atoms with Gasteiger partial charge in [-0.25, -0.2) is 4.98 Å². The van der Waals surface area contributed by atoms with E-state index < -0.39 is 6.04 Å². The molecule has 3 aromatic carbocycles. The Morgan fingerprint density at radius 2 is 1.77 bits per heavy atom. The maximum Gasteiger partial charge on any atom is 0.251 e. The number of nitrogens with one attached hydrogen (secondary N) is 4. The maximum absolute atomic E-state index is 13.7. The number of aromatic amines is 1. The number of hydrogen-bond donors (Lipinski definition) is 4. The van der Waals surface area contributed by atoms with Crippen LogP contribution in [0.1, 0.15) is 58.7 Å². The first-order valence-electron chi connectivity index (χ1n) is 15.0. The molecule has 2 aromatic heterocycles. The molecule has 0 aliphatic carbocycles. The summed E-state index contributed by atoms with van der Waals surface area (Å²) in [6.45, 7) is 6.15. The summed E-state index contributed by atoms with van der Waals surface area (Å²) in [5, 5.41) is 15.1. The number of aryl methyl sites for hydroxylation is 1. The highest BCUT2D eigenvalue weighted by Crippen LogP contribution is 2.26. The minimum absolute atomic E-state index is 0.188. The van der Waals surface area contributed by atoms with Gasteiger partial charge in [-0.2, -0.15) is 0 Å². The molecular formula is C35H40N6O2S. The van der Waals surface area contributed by atoms with Crippen molar-refractivity contribution in [1.29, 1.82) is 0 Å². The van der Waals surface area contributed by atoms with Crippen molar-refractivity contribution in [3.8, 4) is 0 Å². The number of carbonyl (C=O) groups is 2. The maximum atomic E-state index is 13.7. The highest BCUT2D eigenvalue weighted by Gasteiger charge is 2.24. The van der Waals surface area contributed by atoms with Gasteiger partial charge in [0.1, 0.15) is 11.9 Å². The first-order chi connectivity index (χ1) is 21.4. The first kappa shape index (κ1) is 31.0. The van der Waals surface area contributed by atoms with E-state index in [1.165, 1.54) is 10.6 Å². The molecule has 2 heterocycles. The molecule has 5 rings (SSSR count). The van der Waals surface area contributed by atoms with Crippen molar-refractivity contribution in [2.75, 3.05) is 18.5 Å². The Hall–Kier alpha value is -4.47. The normalized spacial score (nSPS) is 12.5. The Labute approximate surface area is 262 Å². The van der Waals surface area contributed by atoms with E-state index in [2.05, 4.69) is 74.4 Å². The molecule has 0 spiro atoms. The number of H-pyrrole nitrogens is 1. The second-order valence-corrected chi connectivity index (χ2v) is 12.0. The van der Waals surface area contributed by atoms with Gasteiger partial charge in [-0.05, 0) is 77.7 Å². The molecule has 0 aliphatic rings. The monoisotopic (exact) mass is 608 g/mol. The summed E-state index contributed by atoms with van der Waals surface area (Å²) in [5.41, 5.74) is 3.86. The van der Waals surface area contributed by atoms with E-state index in [9.17, 15) is 9.59 Å². The Kier molecular flexibility index (Phi) is 10.4. The molecule has 4 N–H and O–H groups in total. The summed E-state index contributed by atoms with van der Waals surface area (Å²) >= 11 is 1.71. The minimum Gasteiger partial charge on any atom is -0.366 e. The van der Waals surface area contributed by atoms with Crippen molar-refractivity contribution >= 4 is 38.9 Å². The van der Waals surface area contributed by atoms with Gasteiger partial charge in [0.15, 0.2) is 0 Å². The van der Waals surface area contributed by atoms with Gasteiger partial charge in [0.25, 0.3) is 5.91 Å². The summed E-state index contributed by atoms with van der Waals surface area (Å²) in [6.07, 6.45) is 4.79. The van der Waals surface area contributed by atoms with Crippen molar-refractivity contribution in [3.63, 3.8) is 0 Å². The van der Waals surface area contributed by atoms with Gasteiger partial charge in [-0.3, -0.25) is 9.59 Å². The zero-order valence-electron chi connectivity index (χ0n) is 25.5. The molecule has 0 saturated heterocycles. The number of aromatic nitrogens is 2. The van der Waals surface area contributed by atoms with Crippen molar-refractivity contribution in [1.82, 2.24) is 25.9 Å². The van der Waals surface area contributed by atoms with Crippen molar-refractivity contribution in [2.45, 2.75) is 51.9 Å². The van der Waals surface area contributed by atoms with Crippen LogP contribution in [0.2, 0.25) is 0 Å². The zero-order valence-corrected chi connectivity index (χ0v) is 26.3. The van der Waals surface area contributed by atoms with Crippen LogP contribution in [-0.4, -0.2) is 41.4 Å². The fourth-order valence-corrected chi connectivity index (χ4v) is 6.34. The van der Waals surface area contributed by atoms with Crippen molar-refractivity contribution in [2.24, 2.45) is 0 Å². The van der Waals surface area contributed by atoms with Gasteiger partial charge < -0.3 is 25.8 Å². The molecule has 0 fully saturated rings. The third kappa shape index (κ3) is 7.92. The summed E-state index contributed by atoms with van der Waals surface area (Å²) in [7, 11) is 2.07. The lowest BCUT2D eigenvalue weighted by Crippen LogP contribution is -2.47. The summed E-state index contributed by atoms with van der Waals surface area (Å²) in [4.78, 5) is 36.6. The smallest absolute Gasteiger partial charge is 0.251 e. The molecule has 0 unspecified atom stereocenters. The Morgan fingerprint density at radius 3 is 2.52 bits per heavy atom. The molecule has 0 bridgehead atoms. The third-order valence-electron chi connectivity index (χ3n) is 7.83. The number of amides is 2. The average Bonchev–Trinajstić information content (AvgIpc) is 3.72. The minimum atomic E-state index is -0.674. The van der Waals surface area contributed by atoms with Crippen LogP contribution in [0.4, 0.5) is 5.00 Å². The SMILES string of the molecule is Cc1ccsc1N(C)CCC[C@H](NC(=O)c1ccc(CNCc2ncc[nH]2)cc1)C(=O)N[C@@H](C)c1cccc2ccccc12. The van der Waals surface area contributed by atoms with Crippen molar-refractivity contribution < 1.29 is 9.59 Å². The molecule has 5 aromatic rings. The second kappa shape index (κ2) is 14.8. The number of imidazole rings is 1. The molecule has 0 saturated carbocycles. The van der Waals surface area contributed by atoms with E-state index in [4.69, 9.17) is 0 Å². The number of rotatable bonds is 14. The fourth-order valence-electron chi connectivity index (χ4n) is 5.41. The molecule has 9 heteroatoms. The van der Waals surface area contributed by atoms with E-state index in [0.717, 1.165) is 40.7 Å². The predicted octanol–water partition coefficient (Wildman–Crippen LogP) is 6.12. The molecule has 228 valence electrons. The molecule has 2 atom stereocenters. The number of hydrogen-bond acceptors (Lipinski definition) is 6. The van der Waals surface area contributed by atoms with Crippen molar-refractivity contribution in [3.05, 3.63) is 119 Å². The lowest BCUT2D eigenvalue weighted by atomic mass is 9.99. The lowest BCUT2D eigenvalue weighted by molar-refractivity contribution is -0.123. The lowest BCUT2D eigenvalue weighted by Gasteiger charge is -2.24. The van der Waals surface area contributed by atoms with Gasteiger partial charge >= 0.3 is 0 Å². The molecule has 0 radical (unpaired) electrons. The van der Waals surface area contributed by atoms with E-state index in [-0.39, 0.29) is 17.9 Å². The summed E-state index contributed by atoms with van der Waals surface area (Å²) < 4.78 is 0. The van der Waals surface area contributed by atoms with Crippen LogP contribution in [0.3, 0.4) is 0 Å². The molecule has 0 aliphatic heterocycles. The first-order valence-corrected chi connectivity index (χ1v) is 15.9. The van der Waals surface area contributed by atoms with Crippen LogP contribution in [0.5, 0.6) is 0 Å². The van der Waals surface area contributed by atoms with Gasteiger partial charge in [0, 0.05) is 38.1 Å². The summed E-state index contributed by atoms with van der Waals surface area (Å²) in [5.74, 6) is 0.421. The Balaban J connectivity index is 1.24. The zero-order chi connectivity index (χ0) is 30.9. The Morgan fingerprint density at radius 1 is 0.977 bits per heavy atom. The highest BCUT2D eigenvalue weighted by molar-refractivity contribution is 7.14. The average molecular weight is 609 g/mol. The van der Waals surface area contributed by atoms with Gasteiger partial charge in [0.05, 0.1) is 17.6 Å². The van der Waals surface area contributed by atoms with E-state index in [1.54, 1.807) is 35.9 Å². The molecule has 2 amide bonds. The fraction of sp³-hybridized carbons (Fsp3) is 0.286. The quantitative estimate of drug-likeness (QED) is 0.122. The topological polar surface area (TPSA) is 102 Å². The molecular weight excluding hydrogens is 568 g/mol. The van der Waals surface area contributed by atoms with E-state index in [1.807, 2.05) is 43.3 Å². The molecule has 8 nitrogen and oxygen atoms in total. The standard InChI is InChI=1S/C35H40N6O2S/c1-24-17-21-44-35(24)41(3)20-7-12-31(34(43)39-25(2)29-11-6-9-27-8-4-5-10-30(27)29)40-33(42)28-15-13-26(14-16-28)22-36-23-32-37-18-19-38-32/h4-6,8-11,13-19,21,25,31,36H,7,12,20,22-23H2,1-3H3,(H,37,38)(H,39,43)(H,40,42)/t25-,31-/m0/s1. The number of benzene rings is 3. The largest absolute Gasteiger partial charge is 0.366 e. The van der Waals surface area contributed by atoms with Crippen LogP contribution in [0.15, 0.2) is 90.6 Å². The van der Waals surface area contributed by atoms with Gasteiger partial charge in [-0.1, -0.05) is 54.6 Å². The predicted molar refractivity (Wildman–Crippen MR) is 179 cm³/mol. The van der Waals surface area contributed by atoms with Gasteiger partial charge in [-0.15, -0.1) is 11.3 Å². The molecule has 44 heavy (non-hydrogen) atoms. The highest BCUT2D eigenvalue weighted by atomic mass is 32.1. The van der Waals surface area contributed by atoms with Crippen LogP contribution < -0.4 is 20.9 Å². The van der Waals surface area contributed by atoms with E-state index in [0.29, 0.717) is 25.1 Å². The van der Waals surface area contributed by atoms with Crippen LogP contribution in [-0.2, 0) is 17.9 Å². The van der Waals surface area contributed by atoms with E-state index >= 15 is 0 Å². The summed E-state index contributed by atoms with van der Waals surface area (Å²) in [6, 6.07) is 23.0. The number of fused-ring (bicyclic) bond motifs is 1. The number of carbonyl (C=O) groups excluding carboxylic acids is 2. The van der Waals surface area contributed by atoms with Crippen LogP contribution in [0, 0.1) is 6.92 Å². The van der Waals surface area contributed by atoms with Gasteiger partial charge in [0.2, 0.25) is 5.91 Å².